The summed E-state index contributed by atoms with van der Waals surface area (Å²) in [4.78, 5) is 54.9. The highest BCUT2D eigenvalue weighted by Gasteiger charge is 2.56. The number of fused-ring (bicyclic) bond motifs is 3. The number of carbonyl (C=O) groups excluding carboxylic acids is 4. The van der Waals surface area contributed by atoms with Crippen LogP contribution >= 0.6 is 0 Å². The molecular formula is C30H25NO5. The first-order valence-electron chi connectivity index (χ1n) is 12.2. The molecule has 4 unspecified atom stereocenters. The Labute approximate surface area is 208 Å². The van der Waals surface area contributed by atoms with Crippen molar-refractivity contribution in [2.75, 3.05) is 0 Å². The van der Waals surface area contributed by atoms with Gasteiger partial charge in [0.05, 0.1) is 18.4 Å². The van der Waals surface area contributed by atoms with Gasteiger partial charge in [0.2, 0.25) is 11.8 Å². The van der Waals surface area contributed by atoms with Gasteiger partial charge in [0.1, 0.15) is 5.75 Å². The van der Waals surface area contributed by atoms with E-state index in [2.05, 4.69) is 0 Å². The zero-order valence-corrected chi connectivity index (χ0v) is 19.8. The molecule has 0 spiro atoms. The van der Waals surface area contributed by atoms with Crippen molar-refractivity contribution in [2.24, 2.45) is 17.8 Å². The van der Waals surface area contributed by atoms with Gasteiger partial charge < -0.3 is 5.11 Å². The van der Waals surface area contributed by atoms with Crippen LogP contribution in [0.25, 0.3) is 0 Å². The second-order valence-corrected chi connectivity index (χ2v) is 10.1. The summed E-state index contributed by atoms with van der Waals surface area (Å²) in [6.07, 6.45) is 4.09. The van der Waals surface area contributed by atoms with E-state index in [1.54, 1.807) is 31.2 Å². The van der Waals surface area contributed by atoms with E-state index in [-0.39, 0.29) is 48.0 Å². The SMILES string of the molecule is CC1=CC(=O)C2=C(CC3C(=CCC4C(=O)N(Cc5ccccc5)C(=O)C43)C2c2ccc(O)cc2)C1=O. The van der Waals surface area contributed by atoms with Crippen LogP contribution in [-0.4, -0.2) is 33.4 Å². The molecule has 6 rings (SSSR count). The summed E-state index contributed by atoms with van der Waals surface area (Å²) in [5, 5.41) is 9.84. The lowest BCUT2D eigenvalue weighted by Gasteiger charge is -2.42. The smallest absolute Gasteiger partial charge is 0.234 e. The molecular weight excluding hydrogens is 454 g/mol. The summed E-state index contributed by atoms with van der Waals surface area (Å²) < 4.78 is 0. The van der Waals surface area contributed by atoms with Crippen LogP contribution in [0.4, 0.5) is 0 Å². The minimum absolute atomic E-state index is 0.105. The number of ketones is 2. The summed E-state index contributed by atoms with van der Waals surface area (Å²) in [6, 6.07) is 16.1. The minimum atomic E-state index is -0.566. The quantitative estimate of drug-likeness (QED) is 0.408. The Bertz CT molecular complexity index is 1410. The fourth-order valence-electron chi connectivity index (χ4n) is 6.42. The minimum Gasteiger partial charge on any atom is -0.508 e. The summed E-state index contributed by atoms with van der Waals surface area (Å²) in [5.41, 5.74) is 3.87. The van der Waals surface area contributed by atoms with Crippen molar-refractivity contribution >= 4 is 23.4 Å². The van der Waals surface area contributed by atoms with Crippen molar-refractivity contribution in [1.82, 2.24) is 4.90 Å². The molecule has 1 aliphatic heterocycles. The van der Waals surface area contributed by atoms with Gasteiger partial charge in [0.25, 0.3) is 0 Å². The van der Waals surface area contributed by atoms with Crippen LogP contribution in [0.2, 0.25) is 0 Å². The van der Waals surface area contributed by atoms with Gasteiger partial charge in [-0.2, -0.15) is 0 Å². The van der Waals surface area contributed by atoms with E-state index in [1.807, 2.05) is 36.4 Å². The standard InChI is InChI=1S/C30H25NO5/c1-16-13-24(33)27-23(28(16)34)14-22-20(25(27)18-7-9-19(32)10-8-18)11-12-21-26(22)30(36)31(29(21)35)15-17-5-3-2-4-6-17/h2-11,13,21-22,25-26,32H,12,14-15H2,1H3. The molecule has 0 aromatic heterocycles. The highest BCUT2D eigenvalue weighted by molar-refractivity contribution is 6.23. The Morgan fingerprint density at radius 2 is 1.64 bits per heavy atom. The first-order chi connectivity index (χ1) is 17.3. The summed E-state index contributed by atoms with van der Waals surface area (Å²) in [5.74, 6) is -2.52. The van der Waals surface area contributed by atoms with E-state index in [4.69, 9.17) is 0 Å². The average Bonchev–Trinajstić information content (AvgIpc) is 3.12. The molecule has 1 N–H and O–H groups in total. The van der Waals surface area contributed by atoms with Gasteiger partial charge in [-0.1, -0.05) is 54.1 Å². The number of phenolic OH excluding ortho intramolecular Hbond substituents is 1. The topological polar surface area (TPSA) is 91.8 Å². The van der Waals surface area contributed by atoms with Gasteiger partial charge in [0.15, 0.2) is 11.6 Å². The number of Topliss-reactive ketones (excluding diaryl/α,β-unsaturated/α-hetero) is 1. The zero-order chi connectivity index (χ0) is 25.1. The second kappa shape index (κ2) is 8.26. The largest absolute Gasteiger partial charge is 0.508 e. The number of carbonyl (C=O) groups is 4. The van der Waals surface area contributed by atoms with Gasteiger partial charge in [-0.3, -0.25) is 24.1 Å². The third-order valence-electron chi connectivity index (χ3n) is 8.06. The van der Waals surface area contributed by atoms with Crippen molar-refractivity contribution in [2.45, 2.75) is 32.2 Å². The second-order valence-electron chi connectivity index (χ2n) is 10.1. The monoisotopic (exact) mass is 479 g/mol. The number of imide groups is 1. The number of hydrogen-bond donors (Lipinski definition) is 1. The molecule has 0 radical (unpaired) electrons. The molecule has 180 valence electrons. The van der Waals surface area contributed by atoms with E-state index < -0.39 is 17.8 Å². The van der Waals surface area contributed by atoms with Gasteiger partial charge in [0, 0.05) is 22.6 Å². The molecule has 2 aromatic rings. The lowest BCUT2D eigenvalue weighted by Crippen LogP contribution is -2.39. The molecule has 6 nitrogen and oxygen atoms in total. The molecule has 4 aliphatic rings. The van der Waals surface area contributed by atoms with E-state index in [1.165, 1.54) is 11.0 Å². The van der Waals surface area contributed by atoms with Gasteiger partial charge >= 0.3 is 0 Å². The third-order valence-corrected chi connectivity index (χ3v) is 8.06. The number of hydrogen-bond acceptors (Lipinski definition) is 5. The number of allylic oxidation sites excluding steroid dienone is 6. The number of amides is 2. The van der Waals surface area contributed by atoms with E-state index >= 15 is 0 Å². The maximum atomic E-state index is 13.7. The maximum absolute atomic E-state index is 13.7. The Balaban J connectivity index is 1.44. The van der Waals surface area contributed by atoms with Crippen molar-refractivity contribution < 1.29 is 24.3 Å². The van der Waals surface area contributed by atoms with Crippen molar-refractivity contribution in [3.05, 3.63) is 100 Å². The maximum Gasteiger partial charge on any atom is 0.234 e. The van der Waals surface area contributed by atoms with Crippen LogP contribution in [-0.2, 0) is 25.7 Å². The van der Waals surface area contributed by atoms with Crippen molar-refractivity contribution in [3.8, 4) is 5.75 Å². The number of nitrogens with zero attached hydrogens (tertiary/aromatic N) is 1. The first-order valence-corrected chi connectivity index (χ1v) is 12.2. The van der Waals surface area contributed by atoms with Crippen LogP contribution in [0.15, 0.2) is 89.0 Å². The first kappa shape index (κ1) is 22.4. The Hall–Kier alpha value is -4.06. The molecule has 6 heteroatoms. The molecule has 2 aromatic carbocycles. The Kier molecular flexibility index (Phi) is 5.14. The molecule has 2 amide bonds. The number of rotatable bonds is 3. The molecule has 1 saturated heterocycles. The van der Waals surface area contributed by atoms with Gasteiger partial charge in [-0.15, -0.1) is 0 Å². The number of benzene rings is 2. The van der Waals surface area contributed by atoms with Crippen LogP contribution in [0.5, 0.6) is 5.75 Å². The highest BCUT2D eigenvalue weighted by Crippen LogP contribution is 2.55. The number of likely N-dealkylation sites (tertiary alicyclic amines) is 1. The molecule has 36 heavy (non-hydrogen) atoms. The lowest BCUT2D eigenvalue weighted by molar-refractivity contribution is -0.140. The molecule has 4 atom stereocenters. The summed E-state index contributed by atoms with van der Waals surface area (Å²) in [6.45, 7) is 1.86. The van der Waals surface area contributed by atoms with Crippen LogP contribution in [0, 0.1) is 17.8 Å². The van der Waals surface area contributed by atoms with Crippen LogP contribution in [0.3, 0.4) is 0 Å². The fraction of sp³-hybridized carbons (Fsp3) is 0.267. The fourth-order valence-corrected chi connectivity index (χ4v) is 6.42. The summed E-state index contributed by atoms with van der Waals surface area (Å²) >= 11 is 0. The van der Waals surface area contributed by atoms with Crippen LogP contribution in [0.1, 0.15) is 36.8 Å². The average molecular weight is 480 g/mol. The van der Waals surface area contributed by atoms with E-state index in [0.717, 1.165) is 16.7 Å². The molecule has 0 saturated carbocycles. The molecule has 3 aliphatic carbocycles. The Morgan fingerprint density at radius 3 is 2.36 bits per heavy atom. The number of phenols is 1. The van der Waals surface area contributed by atoms with E-state index in [0.29, 0.717) is 23.1 Å². The highest BCUT2D eigenvalue weighted by atomic mass is 16.3. The molecule has 0 bridgehead atoms. The molecule has 1 fully saturated rings. The zero-order valence-electron chi connectivity index (χ0n) is 19.8. The normalized spacial score (nSPS) is 27.4. The van der Waals surface area contributed by atoms with Crippen LogP contribution < -0.4 is 0 Å². The molecule has 1 heterocycles. The van der Waals surface area contributed by atoms with Crippen molar-refractivity contribution in [1.29, 1.82) is 0 Å². The van der Waals surface area contributed by atoms with E-state index in [9.17, 15) is 24.3 Å². The van der Waals surface area contributed by atoms with Crippen molar-refractivity contribution in [3.63, 3.8) is 0 Å². The summed E-state index contributed by atoms with van der Waals surface area (Å²) in [7, 11) is 0. The number of aromatic hydroxyl groups is 1. The van der Waals surface area contributed by atoms with Gasteiger partial charge in [-0.25, -0.2) is 0 Å². The third kappa shape index (κ3) is 3.32. The lowest BCUT2D eigenvalue weighted by atomic mass is 9.59. The predicted molar refractivity (Wildman–Crippen MR) is 131 cm³/mol. The van der Waals surface area contributed by atoms with Gasteiger partial charge in [-0.05, 0) is 55.0 Å². The predicted octanol–water partition coefficient (Wildman–Crippen LogP) is 4.02. The Morgan fingerprint density at radius 1 is 0.917 bits per heavy atom.